The molecule has 0 saturated carbocycles. The van der Waals surface area contributed by atoms with Gasteiger partial charge in [-0.05, 0) is 32.0 Å². The third kappa shape index (κ3) is 4.79. The van der Waals surface area contributed by atoms with Gasteiger partial charge in [-0.15, -0.1) is 11.3 Å². The number of amides is 2. The van der Waals surface area contributed by atoms with E-state index in [0.29, 0.717) is 11.3 Å². The van der Waals surface area contributed by atoms with Gasteiger partial charge in [-0.3, -0.25) is 9.59 Å². The molecule has 0 aliphatic carbocycles. The fraction of sp³-hybridized carbons (Fsp3) is 0.353. The fourth-order valence-electron chi connectivity index (χ4n) is 1.93. The summed E-state index contributed by atoms with van der Waals surface area (Å²) in [7, 11) is 3.33. The Kier molecular flexibility index (Phi) is 5.92. The van der Waals surface area contributed by atoms with Crippen LogP contribution in [0.5, 0.6) is 5.75 Å². The van der Waals surface area contributed by atoms with E-state index in [1.807, 2.05) is 19.2 Å². The number of carbonyl (C=O) groups is 2. The van der Waals surface area contributed by atoms with Crippen LogP contribution in [0.15, 0.2) is 29.6 Å². The number of nitrogens with one attached hydrogen (secondary N) is 1. The third-order valence-corrected chi connectivity index (χ3v) is 4.18. The molecule has 6 nitrogen and oxygen atoms in total. The maximum atomic E-state index is 12.4. The lowest BCUT2D eigenvalue weighted by molar-refractivity contribution is -0.130. The van der Waals surface area contributed by atoms with Gasteiger partial charge in [0.15, 0.2) is 6.61 Å². The van der Waals surface area contributed by atoms with E-state index in [0.717, 1.165) is 10.7 Å². The predicted molar refractivity (Wildman–Crippen MR) is 93.4 cm³/mol. The van der Waals surface area contributed by atoms with Crippen LogP contribution in [-0.2, 0) is 4.79 Å². The molecule has 2 aromatic rings. The molecule has 1 atom stereocenters. The summed E-state index contributed by atoms with van der Waals surface area (Å²) in [5.41, 5.74) is 1.32. The molecule has 2 rings (SSSR count). The van der Waals surface area contributed by atoms with Crippen molar-refractivity contribution in [3.8, 4) is 5.75 Å². The molecule has 0 saturated heterocycles. The first-order valence-corrected chi connectivity index (χ1v) is 8.40. The summed E-state index contributed by atoms with van der Waals surface area (Å²) in [6, 6.07) is 6.59. The molecule has 24 heavy (non-hydrogen) atoms. The molecule has 2 amide bonds. The minimum atomic E-state index is -0.211. The summed E-state index contributed by atoms with van der Waals surface area (Å²) < 4.78 is 5.43. The van der Waals surface area contributed by atoms with Gasteiger partial charge in [-0.2, -0.15) is 0 Å². The van der Waals surface area contributed by atoms with Crippen molar-refractivity contribution in [1.29, 1.82) is 0 Å². The van der Waals surface area contributed by atoms with Crippen LogP contribution in [0.3, 0.4) is 0 Å². The number of aryl methyl sites for hydroxylation is 1. The van der Waals surface area contributed by atoms with Gasteiger partial charge in [0.25, 0.3) is 11.8 Å². The molecule has 0 radical (unpaired) electrons. The average Bonchev–Trinajstić information content (AvgIpc) is 2.99. The monoisotopic (exact) mass is 347 g/mol. The molecule has 1 aromatic carbocycles. The average molecular weight is 347 g/mol. The number of aromatic nitrogens is 1. The van der Waals surface area contributed by atoms with Crippen molar-refractivity contribution in [2.75, 3.05) is 20.7 Å². The van der Waals surface area contributed by atoms with Crippen molar-refractivity contribution in [3.63, 3.8) is 0 Å². The first-order chi connectivity index (χ1) is 11.4. The second kappa shape index (κ2) is 7.92. The number of carbonyl (C=O) groups excluding carboxylic acids is 2. The van der Waals surface area contributed by atoms with Crippen LogP contribution in [0, 0.1) is 6.92 Å². The standard InChI is InChI=1S/C17H21N3O3S/c1-11(15-10-24-12(2)19-15)18-17(22)13-6-5-7-14(8-13)23-9-16(21)20(3)4/h5-8,10-11H,9H2,1-4H3,(H,18,22). The van der Waals surface area contributed by atoms with Gasteiger partial charge in [-0.25, -0.2) is 4.98 Å². The number of ether oxygens (including phenoxy) is 1. The minimum Gasteiger partial charge on any atom is -0.484 e. The van der Waals surface area contributed by atoms with Crippen LogP contribution in [0.1, 0.15) is 34.0 Å². The van der Waals surface area contributed by atoms with Crippen molar-refractivity contribution < 1.29 is 14.3 Å². The number of hydrogen-bond acceptors (Lipinski definition) is 5. The Morgan fingerprint density at radius 2 is 2.12 bits per heavy atom. The van der Waals surface area contributed by atoms with Gasteiger partial charge in [0.2, 0.25) is 0 Å². The van der Waals surface area contributed by atoms with E-state index in [1.54, 1.807) is 49.7 Å². The number of hydrogen-bond donors (Lipinski definition) is 1. The lowest BCUT2D eigenvalue weighted by Gasteiger charge is -2.13. The van der Waals surface area contributed by atoms with E-state index in [9.17, 15) is 9.59 Å². The van der Waals surface area contributed by atoms with E-state index < -0.39 is 0 Å². The Labute approximate surface area is 145 Å². The maximum Gasteiger partial charge on any atom is 0.259 e. The van der Waals surface area contributed by atoms with Crippen LogP contribution < -0.4 is 10.1 Å². The second-order valence-corrected chi connectivity index (χ2v) is 6.65. The normalized spacial score (nSPS) is 11.7. The molecule has 1 unspecified atom stereocenters. The highest BCUT2D eigenvalue weighted by Gasteiger charge is 2.14. The topological polar surface area (TPSA) is 71.5 Å². The molecule has 0 spiro atoms. The Hall–Kier alpha value is -2.41. The molecule has 0 aliphatic rings. The molecular formula is C17H21N3O3S. The van der Waals surface area contributed by atoms with Crippen LogP contribution in [0.2, 0.25) is 0 Å². The predicted octanol–water partition coefficient (Wildman–Crippen LogP) is 2.41. The molecule has 1 N–H and O–H groups in total. The SMILES string of the molecule is Cc1nc(C(C)NC(=O)c2cccc(OCC(=O)N(C)C)c2)cs1. The van der Waals surface area contributed by atoms with Gasteiger partial charge in [0.05, 0.1) is 16.7 Å². The van der Waals surface area contributed by atoms with Crippen molar-refractivity contribution in [2.45, 2.75) is 19.9 Å². The summed E-state index contributed by atoms with van der Waals surface area (Å²) in [4.78, 5) is 29.8. The lowest BCUT2D eigenvalue weighted by Crippen LogP contribution is -2.28. The van der Waals surface area contributed by atoms with E-state index in [4.69, 9.17) is 4.74 Å². The summed E-state index contributed by atoms with van der Waals surface area (Å²) in [6.45, 7) is 3.76. The van der Waals surface area contributed by atoms with Crippen LogP contribution in [0.25, 0.3) is 0 Å². The number of nitrogens with zero attached hydrogens (tertiary/aromatic N) is 2. The highest BCUT2D eigenvalue weighted by Crippen LogP contribution is 2.18. The largest absolute Gasteiger partial charge is 0.484 e. The highest BCUT2D eigenvalue weighted by molar-refractivity contribution is 7.09. The summed E-state index contributed by atoms with van der Waals surface area (Å²) >= 11 is 1.55. The molecular weight excluding hydrogens is 326 g/mol. The van der Waals surface area contributed by atoms with Crippen molar-refractivity contribution in [1.82, 2.24) is 15.2 Å². The zero-order valence-corrected chi connectivity index (χ0v) is 15.0. The van der Waals surface area contributed by atoms with Crippen LogP contribution >= 0.6 is 11.3 Å². The van der Waals surface area contributed by atoms with Gasteiger partial charge in [0.1, 0.15) is 5.75 Å². The number of thiazole rings is 1. The Balaban J connectivity index is 1.99. The molecule has 7 heteroatoms. The van der Waals surface area contributed by atoms with E-state index in [1.165, 1.54) is 4.90 Å². The molecule has 0 aliphatic heterocycles. The fourth-order valence-corrected chi connectivity index (χ4v) is 2.64. The summed E-state index contributed by atoms with van der Waals surface area (Å²) in [5.74, 6) is 0.130. The zero-order chi connectivity index (χ0) is 17.7. The smallest absolute Gasteiger partial charge is 0.259 e. The quantitative estimate of drug-likeness (QED) is 0.871. The second-order valence-electron chi connectivity index (χ2n) is 5.59. The lowest BCUT2D eigenvalue weighted by atomic mass is 10.1. The first kappa shape index (κ1) is 17.9. The summed E-state index contributed by atoms with van der Waals surface area (Å²) in [5, 5.41) is 5.81. The van der Waals surface area contributed by atoms with Crippen molar-refractivity contribution >= 4 is 23.2 Å². The molecule has 0 fully saturated rings. The van der Waals surface area contributed by atoms with Crippen molar-refractivity contribution in [2.24, 2.45) is 0 Å². The van der Waals surface area contributed by atoms with Gasteiger partial charge >= 0.3 is 0 Å². The van der Waals surface area contributed by atoms with Gasteiger partial charge in [-0.1, -0.05) is 6.07 Å². The van der Waals surface area contributed by atoms with E-state index in [-0.39, 0.29) is 24.5 Å². The van der Waals surface area contributed by atoms with Crippen LogP contribution in [-0.4, -0.2) is 42.4 Å². The van der Waals surface area contributed by atoms with E-state index in [2.05, 4.69) is 10.3 Å². The molecule has 1 aromatic heterocycles. The zero-order valence-electron chi connectivity index (χ0n) is 14.2. The Morgan fingerprint density at radius 1 is 1.38 bits per heavy atom. The number of likely N-dealkylation sites (N-methyl/N-ethyl adjacent to an activating group) is 1. The number of benzene rings is 1. The van der Waals surface area contributed by atoms with Gasteiger partial charge in [0, 0.05) is 25.0 Å². The number of rotatable bonds is 6. The third-order valence-electron chi connectivity index (χ3n) is 3.39. The minimum absolute atomic E-state index is 0.0629. The highest BCUT2D eigenvalue weighted by atomic mass is 32.1. The first-order valence-electron chi connectivity index (χ1n) is 7.52. The Morgan fingerprint density at radius 3 is 2.75 bits per heavy atom. The van der Waals surface area contributed by atoms with E-state index >= 15 is 0 Å². The maximum absolute atomic E-state index is 12.4. The molecule has 128 valence electrons. The molecule has 1 heterocycles. The Bertz CT molecular complexity index is 727. The van der Waals surface area contributed by atoms with Crippen molar-refractivity contribution in [3.05, 3.63) is 45.9 Å². The van der Waals surface area contributed by atoms with Gasteiger partial charge < -0.3 is 15.0 Å². The van der Waals surface area contributed by atoms with Crippen LogP contribution in [0.4, 0.5) is 0 Å². The summed E-state index contributed by atoms with van der Waals surface area (Å²) in [6.07, 6.45) is 0. The molecule has 0 bridgehead atoms.